The summed E-state index contributed by atoms with van der Waals surface area (Å²) in [5, 5.41) is 0. The fraction of sp³-hybridized carbons (Fsp3) is 0.867. The molecule has 0 heterocycles. The lowest BCUT2D eigenvalue weighted by molar-refractivity contribution is -0.109. The lowest BCUT2D eigenvalue weighted by Crippen LogP contribution is -2.48. The van der Waals surface area contributed by atoms with E-state index in [2.05, 4.69) is 0 Å². The van der Waals surface area contributed by atoms with E-state index < -0.39 is 5.60 Å². The molecule has 4 nitrogen and oxygen atoms in total. The fourth-order valence-electron chi connectivity index (χ4n) is 2.68. The van der Waals surface area contributed by atoms with E-state index in [1.165, 1.54) is 0 Å². The first-order valence-corrected chi connectivity index (χ1v) is 7.34. The van der Waals surface area contributed by atoms with Gasteiger partial charge in [0.15, 0.2) is 0 Å². The average Bonchev–Trinajstić information content (AvgIpc) is 2.79. The van der Waals surface area contributed by atoms with Crippen molar-refractivity contribution in [3.8, 4) is 0 Å². The third-order valence-corrected chi connectivity index (χ3v) is 3.56. The van der Waals surface area contributed by atoms with Crippen molar-refractivity contribution in [2.75, 3.05) is 0 Å². The van der Waals surface area contributed by atoms with Crippen LogP contribution in [0.25, 0.3) is 0 Å². The Morgan fingerprint density at radius 3 is 2.37 bits per heavy atom. The maximum absolute atomic E-state index is 12.4. The molecule has 0 aliphatic heterocycles. The van der Waals surface area contributed by atoms with Crippen LogP contribution in [0.2, 0.25) is 0 Å². The molecule has 1 unspecified atom stereocenters. The number of nitrogens with zero attached hydrogens (tertiary/aromatic N) is 1. The molecule has 110 valence electrons. The van der Waals surface area contributed by atoms with Crippen LogP contribution in [0, 0.1) is 0 Å². The molecule has 1 rings (SSSR count). The maximum Gasteiger partial charge on any atom is 0.410 e. The Bertz CT molecular complexity index is 303. The Hall–Kier alpha value is -1.06. The number of aldehydes is 1. The van der Waals surface area contributed by atoms with Crippen LogP contribution < -0.4 is 0 Å². The van der Waals surface area contributed by atoms with Gasteiger partial charge in [-0.25, -0.2) is 4.79 Å². The smallest absolute Gasteiger partial charge is 0.410 e. The number of carbonyl (C=O) groups excluding carboxylic acids is 2. The number of rotatable bonds is 5. The van der Waals surface area contributed by atoms with Crippen LogP contribution >= 0.6 is 0 Å². The number of hydrogen-bond donors (Lipinski definition) is 0. The van der Waals surface area contributed by atoms with E-state index in [9.17, 15) is 9.59 Å². The van der Waals surface area contributed by atoms with Gasteiger partial charge in [-0.2, -0.15) is 0 Å². The molecule has 4 heteroatoms. The molecule has 0 aromatic carbocycles. The summed E-state index contributed by atoms with van der Waals surface area (Å²) in [5.41, 5.74) is -0.493. The van der Waals surface area contributed by atoms with Crippen LogP contribution in [0.15, 0.2) is 0 Å². The normalized spacial score (nSPS) is 18.1. The van der Waals surface area contributed by atoms with Crippen LogP contribution in [-0.2, 0) is 9.53 Å². The van der Waals surface area contributed by atoms with Gasteiger partial charge in [0.25, 0.3) is 0 Å². The SMILES string of the molecule is CCC(CC=O)N(C(=O)OC(C)(C)C)C1CCCC1. The molecule has 19 heavy (non-hydrogen) atoms. The average molecular weight is 269 g/mol. The zero-order chi connectivity index (χ0) is 14.5. The van der Waals surface area contributed by atoms with E-state index >= 15 is 0 Å². The number of carbonyl (C=O) groups is 2. The molecule has 0 spiro atoms. The van der Waals surface area contributed by atoms with Gasteiger partial charge in [-0.3, -0.25) is 0 Å². The zero-order valence-corrected chi connectivity index (χ0v) is 12.6. The van der Waals surface area contributed by atoms with Crippen molar-refractivity contribution in [2.45, 2.75) is 83.9 Å². The number of amides is 1. The van der Waals surface area contributed by atoms with E-state index in [0.29, 0.717) is 6.42 Å². The lowest BCUT2D eigenvalue weighted by Gasteiger charge is -2.36. The quantitative estimate of drug-likeness (QED) is 0.717. The highest BCUT2D eigenvalue weighted by molar-refractivity contribution is 5.69. The summed E-state index contributed by atoms with van der Waals surface area (Å²) < 4.78 is 5.51. The summed E-state index contributed by atoms with van der Waals surface area (Å²) in [6.45, 7) is 7.63. The minimum absolute atomic E-state index is 0.0320. The first-order chi connectivity index (χ1) is 8.89. The van der Waals surface area contributed by atoms with Gasteiger partial charge < -0.3 is 14.4 Å². The summed E-state index contributed by atoms with van der Waals surface area (Å²) in [5.74, 6) is 0. The van der Waals surface area contributed by atoms with Gasteiger partial charge in [0, 0.05) is 18.5 Å². The molecule has 1 fully saturated rings. The molecular weight excluding hydrogens is 242 g/mol. The molecule has 1 amide bonds. The molecule has 0 aromatic heterocycles. The molecule has 0 N–H and O–H groups in total. The van der Waals surface area contributed by atoms with Crippen molar-refractivity contribution in [1.82, 2.24) is 4.90 Å². The minimum Gasteiger partial charge on any atom is -0.444 e. The van der Waals surface area contributed by atoms with E-state index in [1.54, 1.807) is 0 Å². The summed E-state index contributed by atoms with van der Waals surface area (Å²) in [7, 11) is 0. The Morgan fingerprint density at radius 2 is 1.95 bits per heavy atom. The third-order valence-electron chi connectivity index (χ3n) is 3.56. The Kier molecular flexibility index (Phi) is 5.83. The van der Waals surface area contributed by atoms with Crippen LogP contribution in [0.4, 0.5) is 4.79 Å². The molecular formula is C15H27NO3. The molecule has 0 aromatic rings. The number of ether oxygens (including phenoxy) is 1. The Labute approximate surface area is 116 Å². The van der Waals surface area contributed by atoms with Crippen LogP contribution in [0.1, 0.15) is 66.2 Å². The molecule has 1 saturated carbocycles. The fourth-order valence-corrected chi connectivity index (χ4v) is 2.68. The third kappa shape index (κ3) is 4.84. The highest BCUT2D eigenvalue weighted by Gasteiger charge is 2.34. The second-order valence-corrected chi connectivity index (χ2v) is 6.29. The van der Waals surface area contributed by atoms with Gasteiger partial charge in [0.2, 0.25) is 0 Å². The summed E-state index contributed by atoms with van der Waals surface area (Å²) in [4.78, 5) is 25.1. The first-order valence-electron chi connectivity index (χ1n) is 7.34. The molecule has 0 bridgehead atoms. The van der Waals surface area contributed by atoms with Gasteiger partial charge >= 0.3 is 6.09 Å². The standard InChI is InChI=1S/C15H27NO3/c1-5-12(10-11-17)16(13-8-6-7-9-13)14(18)19-15(2,3)4/h11-13H,5-10H2,1-4H3. The van der Waals surface area contributed by atoms with Crippen LogP contribution in [0.3, 0.4) is 0 Å². The van der Waals surface area contributed by atoms with E-state index in [-0.39, 0.29) is 18.2 Å². The molecule has 1 aliphatic rings. The Balaban J connectivity index is 2.83. The summed E-state index contributed by atoms with van der Waals surface area (Å²) in [6, 6.07) is 0.204. The maximum atomic E-state index is 12.4. The van der Waals surface area contributed by atoms with Crippen molar-refractivity contribution in [3.05, 3.63) is 0 Å². The highest BCUT2D eigenvalue weighted by Crippen LogP contribution is 2.28. The molecule has 0 radical (unpaired) electrons. The minimum atomic E-state index is -0.493. The zero-order valence-electron chi connectivity index (χ0n) is 12.6. The van der Waals surface area contributed by atoms with E-state index in [4.69, 9.17) is 4.74 Å². The van der Waals surface area contributed by atoms with Crippen molar-refractivity contribution in [2.24, 2.45) is 0 Å². The predicted octanol–water partition coefficient (Wildman–Crippen LogP) is 3.53. The summed E-state index contributed by atoms with van der Waals surface area (Å²) >= 11 is 0. The molecule has 0 saturated heterocycles. The van der Waals surface area contributed by atoms with Crippen molar-refractivity contribution < 1.29 is 14.3 Å². The van der Waals surface area contributed by atoms with Crippen LogP contribution in [0.5, 0.6) is 0 Å². The second-order valence-electron chi connectivity index (χ2n) is 6.29. The predicted molar refractivity (Wildman–Crippen MR) is 75.1 cm³/mol. The lowest BCUT2D eigenvalue weighted by atomic mass is 10.1. The van der Waals surface area contributed by atoms with Crippen molar-refractivity contribution in [3.63, 3.8) is 0 Å². The topological polar surface area (TPSA) is 46.6 Å². The number of hydrogen-bond acceptors (Lipinski definition) is 3. The Morgan fingerprint density at radius 1 is 1.37 bits per heavy atom. The second kappa shape index (κ2) is 6.92. The summed E-state index contributed by atoms with van der Waals surface area (Å²) in [6.07, 6.45) is 6.17. The van der Waals surface area contributed by atoms with Crippen molar-refractivity contribution >= 4 is 12.4 Å². The van der Waals surface area contributed by atoms with Gasteiger partial charge in [-0.1, -0.05) is 19.8 Å². The largest absolute Gasteiger partial charge is 0.444 e. The van der Waals surface area contributed by atoms with Gasteiger partial charge in [-0.15, -0.1) is 0 Å². The van der Waals surface area contributed by atoms with E-state index in [0.717, 1.165) is 38.4 Å². The van der Waals surface area contributed by atoms with E-state index in [1.807, 2.05) is 32.6 Å². The molecule has 1 atom stereocenters. The monoisotopic (exact) mass is 269 g/mol. The van der Waals surface area contributed by atoms with Gasteiger partial charge in [0.05, 0.1) is 0 Å². The van der Waals surface area contributed by atoms with Gasteiger partial charge in [0.1, 0.15) is 11.9 Å². The first kappa shape index (κ1) is 16.0. The molecule has 1 aliphatic carbocycles. The highest BCUT2D eigenvalue weighted by atomic mass is 16.6. The van der Waals surface area contributed by atoms with Crippen LogP contribution in [-0.4, -0.2) is 35.0 Å². The van der Waals surface area contributed by atoms with Crippen molar-refractivity contribution in [1.29, 1.82) is 0 Å². The van der Waals surface area contributed by atoms with Gasteiger partial charge in [-0.05, 0) is 40.0 Å².